The maximum Gasteiger partial charge on any atom is 0.291 e. The quantitative estimate of drug-likeness (QED) is 0.408. The van der Waals surface area contributed by atoms with Crippen LogP contribution in [0.2, 0.25) is 5.02 Å². The summed E-state index contributed by atoms with van der Waals surface area (Å²) in [6, 6.07) is 8.94. The van der Waals surface area contributed by atoms with E-state index in [0.29, 0.717) is 42.6 Å². The largest absolute Gasteiger partial charge is 0.467 e. The number of ether oxygens (including phenoxy) is 1. The fourth-order valence-corrected chi connectivity index (χ4v) is 4.00. The average molecular weight is 417 g/mol. The van der Waals surface area contributed by atoms with Crippen LogP contribution in [0.15, 0.2) is 47.1 Å². The second kappa shape index (κ2) is 8.49. The maximum absolute atomic E-state index is 13.2. The third kappa shape index (κ3) is 3.99. The Morgan fingerprint density at radius 1 is 1.07 bits per heavy atom. The van der Waals surface area contributed by atoms with Crippen LogP contribution in [-0.4, -0.2) is 66.7 Å². The van der Waals surface area contributed by atoms with Crippen LogP contribution in [0.4, 0.5) is 0 Å². The Bertz CT molecular complexity index is 890. The number of nitrogens with zero attached hydrogens (tertiary/aromatic N) is 2. The zero-order valence-electron chi connectivity index (χ0n) is 15.8. The summed E-state index contributed by atoms with van der Waals surface area (Å²) < 4.78 is 10.9. The van der Waals surface area contributed by atoms with Crippen LogP contribution < -0.4 is 0 Å². The Morgan fingerprint density at radius 3 is 2.45 bits per heavy atom. The van der Waals surface area contributed by atoms with Crippen LogP contribution in [0.1, 0.15) is 22.2 Å². The number of hydrogen-bond donors (Lipinski definition) is 0. The molecule has 7 nitrogen and oxygen atoms in total. The Balaban J connectivity index is 1.61. The number of rotatable bonds is 6. The molecule has 152 valence electrons. The first-order valence-electron chi connectivity index (χ1n) is 9.54. The predicted octanol–water partition coefficient (Wildman–Crippen LogP) is 2.22. The minimum Gasteiger partial charge on any atom is -0.467 e. The van der Waals surface area contributed by atoms with Gasteiger partial charge in [0.05, 0.1) is 19.5 Å². The molecule has 2 fully saturated rings. The molecule has 0 bridgehead atoms. The monoisotopic (exact) mass is 416 g/mol. The summed E-state index contributed by atoms with van der Waals surface area (Å²) in [5.41, 5.74) is 0.340. The molecule has 2 atom stereocenters. The Kier molecular flexibility index (Phi) is 5.80. The number of furan rings is 1. The van der Waals surface area contributed by atoms with Crippen LogP contribution in [0.3, 0.4) is 0 Å². The van der Waals surface area contributed by atoms with Crippen molar-refractivity contribution in [1.29, 1.82) is 0 Å². The summed E-state index contributed by atoms with van der Waals surface area (Å²) in [6.07, 6.45) is 1.48. The van der Waals surface area contributed by atoms with Crippen LogP contribution in [0.25, 0.3) is 0 Å². The number of carbonyl (C=O) groups is 3. The molecule has 1 aromatic carbocycles. The molecule has 0 N–H and O–H groups in total. The second-order valence-electron chi connectivity index (χ2n) is 7.13. The van der Waals surface area contributed by atoms with E-state index in [2.05, 4.69) is 4.90 Å². The van der Waals surface area contributed by atoms with E-state index in [1.165, 1.54) is 11.2 Å². The molecule has 4 rings (SSSR count). The van der Waals surface area contributed by atoms with Crippen LogP contribution >= 0.6 is 11.6 Å². The number of likely N-dealkylation sites (tertiary alicyclic amines) is 1. The topological polar surface area (TPSA) is 80.1 Å². The number of ketones is 2. The van der Waals surface area contributed by atoms with Gasteiger partial charge in [0.1, 0.15) is 17.7 Å². The van der Waals surface area contributed by atoms with Crippen molar-refractivity contribution in [2.45, 2.75) is 6.04 Å². The second-order valence-corrected chi connectivity index (χ2v) is 7.56. The van der Waals surface area contributed by atoms with Gasteiger partial charge in [0.25, 0.3) is 5.91 Å². The van der Waals surface area contributed by atoms with Crippen molar-refractivity contribution in [2.75, 3.05) is 39.4 Å². The molecule has 1 amide bonds. The van der Waals surface area contributed by atoms with Crippen molar-refractivity contribution in [3.63, 3.8) is 0 Å². The lowest BCUT2D eigenvalue weighted by atomic mass is 9.89. The number of amides is 1. The number of halogens is 1. The summed E-state index contributed by atoms with van der Waals surface area (Å²) >= 11 is 5.91. The standard InChI is InChI=1S/C21H21ClN2O5/c22-15-5-3-14(4-6-15)19(25)17-18(16-2-1-11-29-16)24(21(27)20(17)26)8-7-23-9-12-28-13-10-23/h1-6,11,17-18H,7-10,12-13H2. The van der Waals surface area contributed by atoms with Crippen molar-refractivity contribution in [1.82, 2.24) is 9.80 Å². The zero-order chi connectivity index (χ0) is 20.4. The van der Waals surface area contributed by atoms with Crippen LogP contribution in [0, 0.1) is 5.92 Å². The predicted molar refractivity (Wildman–Crippen MR) is 105 cm³/mol. The SMILES string of the molecule is O=C1C(=O)N(CCN2CCOCC2)C(c2ccco2)C1C(=O)c1ccc(Cl)cc1. The van der Waals surface area contributed by atoms with Gasteiger partial charge in [-0.1, -0.05) is 11.6 Å². The summed E-state index contributed by atoms with van der Waals surface area (Å²) in [6.45, 7) is 3.77. The van der Waals surface area contributed by atoms with E-state index >= 15 is 0 Å². The van der Waals surface area contributed by atoms with Gasteiger partial charge in [-0.2, -0.15) is 0 Å². The maximum atomic E-state index is 13.2. The molecule has 0 aliphatic carbocycles. The molecular weight excluding hydrogens is 396 g/mol. The highest BCUT2D eigenvalue weighted by atomic mass is 35.5. The molecule has 2 aliphatic rings. The van der Waals surface area contributed by atoms with Crippen LogP contribution in [-0.2, 0) is 14.3 Å². The van der Waals surface area contributed by atoms with Crippen molar-refractivity contribution in [3.05, 3.63) is 59.0 Å². The molecule has 2 unspecified atom stereocenters. The Morgan fingerprint density at radius 2 is 1.79 bits per heavy atom. The van der Waals surface area contributed by atoms with Gasteiger partial charge in [-0.25, -0.2) is 0 Å². The summed E-state index contributed by atoms with van der Waals surface area (Å²) in [4.78, 5) is 42.4. The minimum atomic E-state index is -1.14. The molecule has 29 heavy (non-hydrogen) atoms. The van der Waals surface area contributed by atoms with Crippen molar-refractivity contribution < 1.29 is 23.5 Å². The smallest absolute Gasteiger partial charge is 0.291 e. The zero-order valence-corrected chi connectivity index (χ0v) is 16.5. The molecule has 3 heterocycles. The fraction of sp³-hybridized carbons (Fsp3) is 0.381. The first kappa shape index (κ1) is 19.8. The highest BCUT2D eigenvalue weighted by molar-refractivity contribution is 6.44. The van der Waals surface area contributed by atoms with E-state index in [1.54, 1.807) is 36.4 Å². The lowest BCUT2D eigenvalue weighted by Crippen LogP contribution is -2.42. The van der Waals surface area contributed by atoms with Gasteiger partial charge in [0.2, 0.25) is 5.78 Å². The number of carbonyl (C=O) groups excluding carboxylic acids is 3. The molecule has 0 radical (unpaired) electrons. The summed E-state index contributed by atoms with van der Waals surface area (Å²) in [5.74, 6) is -2.46. The minimum absolute atomic E-state index is 0.334. The van der Waals surface area contributed by atoms with E-state index in [4.69, 9.17) is 20.8 Å². The number of hydrogen-bond acceptors (Lipinski definition) is 6. The average Bonchev–Trinajstić information content (AvgIpc) is 3.35. The molecule has 2 saturated heterocycles. The molecule has 8 heteroatoms. The van der Waals surface area contributed by atoms with Crippen molar-refractivity contribution >= 4 is 29.1 Å². The van der Waals surface area contributed by atoms with E-state index in [0.717, 1.165) is 13.1 Å². The van der Waals surface area contributed by atoms with Gasteiger partial charge in [0, 0.05) is 36.8 Å². The Labute approximate surface area is 173 Å². The molecular formula is C21H21ClN2O5. The van der Waals surface area contributed by atoms with E-state index < -0.39 is 29.4 Å². The van der Waals surface area contributed by atoms with E-state index in [1.807, 2.05) is 0 Å². The highest BCUT2D eigenvalue weighted by Gasteiger charge is 2.52. The molecule has 2 aromatic rings. The lowest BCUT2D eigenvalue weighted by molar-refractivity contribution is -0.141. The van der Waals surface area contributed by atoms with Crippen LogP contribution in [0.5, 0.6) is 0 Å². The first-order valence-corrected chi connectivity index (χ1v) is 9.92. The lowest BCUT2D eigenvalue weighted by Gasteiger charge is -2.30. The van der Waals surface area contributed by atoms with Crippen molar-refractivity contribution in [2.24, 2.45) is 5.92 Å². The van der Waals surface area contributed by atoms with Gasteiger partial charge >= 0.3 is 0 Å². The number of Topliss-reactive ketones (excluding diaryl/α,β-unsaturated/α-hetero) is 2. The molecule has 0 spiro atoms. The van der Waals surface area contributed by atoms with E-state index in [-0.39, 0.29) is 0 Å². The molecule has 2 aliphatic heterocycles. The van der Waals surface area contributed by atoms with Gasteiger partial charge in [-0.3, -0.25) is 19.3 Å². The van der Waals surface area contributed by atoms with Crippen molar-refractivity contribution in [3.8, 4) is 0 Å². The summed E-state index contributed by atoms with van der Waals surface area (Å²) in [5, 5.41) is 0.491. The van der Waals surface area contributed by atoms with Gasteiger partial charge < -0.3 is 14.1 Å². The number of morpholine rings is 1. The number of benzene rings is 1. The normalized spacial score (nSPS) is 23.0. The summed E-state index contributed by atoms with van der Waals surface area (Å²) in [7, 11) is 0. The first-order chi connectivity index (χ1) is 14.1. The van der Waals surface area contributed by atoms with E-state index in [9.17, 15) is 14.4 Å². The van der Waals surface area contributed by atoms with Gasteiger partial charge in [-0.05, 0) is 36.4 Å². The third-order valence-electron chi connectivity index (χ3n) is 5.41. The fourth-order valence-electron chi connectivity index (χ4n) is 3.87. The highest BCUT2D eigenvalue weighted by Crippen LogP contribution is 2.38. The molecule has 0 saturated carbocycles. The third-order valence-corrected chi connectivity index (χ3v) is 5.66. The molecule has 1 aromatic heterocycles. The Hall–Kier alpha value is -2.48. The van der Waals surface area contributed by atoms with Gasteiger partial charge in [-0.15, -0.1) is 0 Å². The van der Waals surface area contributed by atoms with Gasteiger partial charge in [0.15, 0.2) is 5.78 Å².